The number of carbonyl (C=O) groups is 1. The Balaban J connectivity index is 2.44. The molecule has 0 saturated carbocycles. The molecule has 30 heavy (non-hydrogen) atoms. The number of amides is 1. The van der Waals surface area contributed by atoms with Crippen LogP contribution in [0.25, 0.3) is 0 Å². The smallest absolute Gasteiger partial charge is 0.418 e. The van der Waals surface area contributed by atoms with Crippen LogP contribution in [-0.2, 0) is 20.9 Å². The summed E-state index contributed by atoms with van der Waals surface area (Å²) in [4.78, 5) is 11.3. The molecule has 0 spiro atoms. The summed E-state index contributed by atoms with van der Waals surface area (Å²) in [7, 11) is -4.45. The summed E-state index contributed by atoms with van der Waals surface area (Å²) < 4.78 is 77.2. The molecule has 2 aromatic rings. The van der Waals surface area contributed by atoms with E-state index in [0.717, 1.165) is 24.3 Å². The van der Waals surface area contributed by atoms with E-state index in [-0.39, 0.29) is 29.7 Å². The molecular formula is C18H18ClF3N2O5S. The first kappa shape index (κ1) is 23.6. The van der Waals surface area contributed by atoms with Crippen LogP contribution in [0.15, 0.2) is 41.3 Å². The van der Waals surface area contributed by atoms with Crippen LogP contribution in [0.3, 0.4) is 0 Å². The van der Waals surface area contributed by atoms with Crippen LogP contribution >= 0.6 is 11.6 Å². The Bertz CT molecular complexity index is 1030. The topological polar surface area (TPSA) is 93.7 Å². The Morgan fingerprint density at radius 2 is 1.77 bits per heavy atom. The average molecular weight is 467 g/mol. The molecule has 2 N–H and O–H groups in total. The van der Waals surface area contributed by atoms with Gasteiger partial charge in [-0.1, -0.05) is 11.6 Å². The van der Waals surface area contributed by atoms with Gasteiger partial charge in [-0.3, -0.25) is 10.0 Å². The molecule has 0 radical (unpaired) electrons. The van der Waals surface area contributed by atoms with Gasteiger partial charge in [-0.2, -0.15) is 13.2 Å². The number of hydrogen-bond acceptors (Lipinski definition) is 5. The minimum atomic E-state index is -4.84. The minimum Gasteiger partial charge on any atom is -0.492 e. The first-order chi connectivity index (χ1) is 14.0. The molecule has 0 aliphatic carbocycles. The summed E-state index contributed by atoms with van der Waals surface area (Å²) >= 11 is 5.61. The summed E-state index contributed by atoms with van der Waals surface area (Å²) in [5, 5.41) is 2.14. The molecular weight excluding hydrogens is 449 g/mol. The van der Waals surface area contributed by atoms with Gasteiger partial charge in [0.05, 0.1) is 35.0 Å². The number of benzene rings is 2. The van der Waals surface area contributed by atoms with E-state index >= 15 is 0 Å². The van der Waals surface area contributed by atoms with Crippen molar-refractivity contribution in [3.8, 4) is 5.75 Å². The lowest BCUT2D eigenvalue weighted by Gasteiger charge is -2.16. The van der Waals surface area contributed by atoms with Crippen molar-refractivity contribution in [3.05, 3.63) is 47.0 Å². The molecule has 12 heteroatoms. The molecule has 0 saturated heterocycles. The van der Waals surface area contributed by atoms with Crippen molar-refractivity contribution in [1.82, 2.24) is 0 Å². The van der Waals surface area contributed by atoms with Gasteiger partial charge in [0.2, 0.25) is 0 Å². The molecule has 0 unspecified atom stereocenters. The van der Waals surface area contributed by atoms with Gasteiger partial charge in [-0.15, -0.1) is 0 Å². The van der Waals surface area contributed by atoms with Crippen molar-refractivity contribution in [2.75, 3.05) is 23.3 Å². The second kappa shape index (κ2) is 9.43. The van der Waals surface area contributed by atoms with E-state index in [9.17, 15) is 26.4 Å². The van der Waals surface area contributed by atoms with Gasteiger partial charge >= 0.3 is 12.3 Å². The number of sulfonamides is 1. The highest BCUT2D eigenvalue weighted by molar-refractivity contribution is 7.92. The number of halogens is 4. The number of nitrogens with one attached hydrogen (secondary N) is 2. The van der Waals surface area contributed by atoms with Crippen molar-refractivity contribution >= 4 is 39.1 Å². The number of alkyl halides is 3. The van der Waals surface area contributed by atoms with Crippen LogP contribution in [0.2, 0.25) is 5.02 Å². The molecule has 0 heterocycles. The maximum atomic E-state index is 13.3. The first-order valence-corrected chi connectivity index (χ1v) is 10.4. The Kier molecular flexibility index (Phi) is 7.43. The third kappa shape index (κ3) is 5.92. The highest BCUT2D eigenvalue weighted by atomic mass is 35.5. The molecule has 7 nitrogen and oxygen atoms in total. The quantitative estimate of drug-likeness (QED) is 0.590. The fourth-order valence-electron chi connectivity index (χ4n) is 2.38. The zero-order valence-corrected chi connectivity index (χ0v) is 17.4. The SMILES string of the molecule is CCOC(=O)Nc1cc(S(=O)(=O)Nc2ccc(Cl)cc2C(F)(F)F)ccc1OCC. The van der Waals surface area contributed by atoms with E-state index < -0.39 is 38.4 Å². The van der Waals surface area contributed by atoms with Crippen molar-refractivity contribution < 1.29 is 35.9 Å². The standard InChI is InChI=1S/C18H18ClF3N2O5S/c1-3-28-16-8-6-12(10-15(16)23-17(25)29-4-2)30(26,27)24-14-7-5-11(19)9-13(14)18(20,21)22/h5-10,24H,3-4H2,1-2H3,(H,23,25). The first-order valence-electron chi connectivity index (χ1n) is 8.58. The fourth-order valence-corrected chi connectivity index (χ4v) is 3.65. The lowest BCUT2D eigenvalue weighted by molar-refractivity contribution is -0.136. The van der Waals surface area contributed by atoms with Crippen LogP contribution in [0, 0.1) is 0 Å². The number of ether oxygens (including phenoxy) is 2. The number of anilines is 2. The second-order valence-electron chi connectivity index (χ2n) is 5.73. The van der Waals surface area contributed by atoms with E-state index in [1.54, 1.807) is 13.8 Å². The highest BCUT2D eigenvalue weighted by Crippen LogP contribution is 2.37. The summed E-state index contributed by atoms with van der Waals surface area (Å²) in [5.74, 6) is 0.159. The Hall–Kier alpha value is -2.66. The van der Waals surface area contributed by atoms with Crippen molar-refractivity contribution in [3.63, 3.8) is 0 Å². The molecule has 0 atom stereocenters. The maximum absolute atomic E-state index is 13.3. The van der Waals surface area contributed by atoms with Gasteiger partial charge < -0.3 is 9.47 Å². The zero-order valence-electron chi connectivity index (χ0n) is 15.8. The molecule has 0 aliphatic heterocycles. The third-order valence-corrected chi connectivity index (χ3v) is 5.20. The van der Waals surface area contributed by atoms with Crippen LogP contribution in [0.1, 0.15) is 19.4 Å². The molecule has 0 bridgehead atoms. The van der Waals surface area contributed by atoms with E-state index in [0.29, 0.717) is 6.07 Å². The molecule has 1 amide bonds. The lowest BCUT2D eigenvalue weighted by atomic mass is 10.2. The van der Waals surface area contributed by atoms with Gasteiger partial charge in [0, 0.05) is 5.02 Å². The monoisotopic (exact) mass is 466 g/mol. The molecule has 2 aromatic carbocycles. The summed E-state index contributed by atoms with van der Waals surface area (Å²) in [6, 6.07) is 6.10. The van der Waals surface area contributed by atoms with E-state index in [1.807, 2.05) is 4.72 Å². The predicted molar refractivity (Wildman–Crippen MR) is 106 cm³/mol. The van der Waals surface area contributed by atoms with E-state index in [4.69, 9.17) is 21.1 Å². The van der Waals surface area contributed by atoms with E-state index in [1.165, 1.54) is 6.07 Å². The Morgan fingerprint density at radius 3 is 2.37 bits per heavy atom. The molecule has 0 fully saturated rings. The lowest BCUT2D eigenvalue weighted by Crippen LogP contribution is -2.18. The number of carbonyl (C=O) groups excluding carboxylic acids is 1. The van der Waals surface area contributed by atoms with Crippen molar-refractivity contribution in [2.45, 2.75) is 24.9 Å². The summed E-state index contributed by atoms with van der Waals surface area (Å²) in [6.45, 7) is 3.56. The highest BCUT2D eigenvalue weighted by Gasteiger charge is 2.35. The number of hydrogen-bond donors (Lipinski definition) is 2. The molecule has 164 valence electrons. The average Bonchev–Trinajstić information content (AvgIpc) is 2.64. The fraction of sp³-hybridized carbons (Fsp3) is 0.278. The van der Waals surface area contributed by atoms with Gasteiger partial charge in [0.1, 0.15) is 5.75 Å². The molecule has 0 aromatic heterocycles. The van der Waals surface area contributed by atoms with Crippen LogP contribution < -0.4 is 14.8 Å². The normalized spacial score (nSPS) is 11.7. The third-order valence-electron chi connectivity index (χ3n) is 3.60. The van der Waals surface area contributed by atoms with Crippen LogP contribution in [0.4, 0.5) is 29.3 Å². The number of rotatable bonds is 7. The van der Waals surface area contributed by atoms with Gasteiger partial charge in [0.25, 0.3) is 10.0 Å². The largest absolute Gasteiger partial charge is 0.492 e. The van der Waals surface area contributed by atoms with Crippen LogP contribution in [0.5, 0.6) is 5.75 Å². The van der Waals surface area contributed by atoms with Crippen molar-refractivity contribution in [2.24, 2.45) is 0 Å². The van der Waals surface area contributed by atoms with Gasteiger partial charge in [-0.05, 0) is 50.2 Å². The van der Waals surface area contributed by atoms with E-state index in [2.05, 4.69) is 5.32 Å². The Morgan fingerprint density at radius 1 is 1.07 bits per heavy atom. The zero-order chi connectivity index (χ0) is 22.5. The predicted octanol–water partition coefficient (Wildman–Crippen LogP) is 5.13. The molecule has 0 aliphatic rings. The van der Waals surface area contributed by atoms with Crippen molar-refractivity contribution in [1.29, 1.82) is 0 Å². The molecule has 2 rings (SSSR count). The Labute approximate surface area is 176 Å². The van der Waals surface area contributed by atoms with Crippen LogP contribution in [-0.4, -0.2) is 27.7 Å². The minimum absolute atomic E-state index is 0.0228. The second-order valence-corrected chi connectivity index (χ2v) is 7.85. The van der Waals surface area contributed by atoms with Gasteiger partial charge in [-0.25, -0.2) is 13.2 Å². The summed E-state index contributed by atoms with van der Waals surface area (Å²) in [5.41, 5.74) is -1.96. The maximum Gasteiger partial charge on any atom is 0.418 e. The van der Waals surface area contributed by atoms with Gasteiger partial charge in [0.15, 0.2) is 0 Å². The summed E-state index contributed by atoms with van der Waals surface area (Å²) in [6.07, 6.45) is -5.68.